The van der Waals surface area contributed by atoms with Gasteiger partial charge in [-0.2, -0.15) is 0 Å². The lowest BCUT2D eigenvalue weighted by Crippen LogP contribution is -2.50. The monoisotopic (exact) mass is 313 g/mol. The molecule has 0 unspecified atom stereocenters. The molecule has 3 heterocycles. The molecule has 1 aromatic heterocycles. The smallest absolute Gasteiger partial charge is 0.222 e. The summed E-state index contributed by atoms with van der Waals surface area (Å²) >= 11 is 0. The molecule has 0 aliphatic carbocycles. The standard InChI is InChI=1S/C14H23N5O.ClH/c20-13-2-3-14(4-6-15-7-5-14)12-18(13)9-1-10-19-11-8-16-17-19;/h8,11,15H,1-7,9-10,12H2;1H. The third-order valence-electron chi connectivity index (χ3n) is 4.70. The lowest BCUT2D eigenvalue weighted by atomic mass is 9.73. The fraction of sp³-hybridized carbons (Fsp3) is 0.786. The summed E-state index contributed by atoms with van der Waals surface area (Å²) in [5.74, 6) is 0.327. The van der Waals surface area contributed by atoms with Gasteiger partial charge in [0.25, 0.3) is 0 Å². The van der Waals surface area contributed by atoms with Gasteiger partial charge < -0.3 is 10.2 Å². The molecule has 6 nitrogen and oxygen atoms in total. The molecule has 1 N–H and O–H groups in total. The number of aryl methyl sites for hydroxylation is 1. The molecule has 2 aliphatic rings. The van der Waals surface area contributed by atoms with E-state index in [-0.39, 0.29) is 12.4 Å². The molecule has 0 atom stereocenters. The second-order valence-corrected chi connectivity index (χ2v) is 6.08. The Morgan fingerprint density at radius 1 is 1.24 bits per heavy atom. The van der Waals surface area contributed by atoms with Crippen molar-refractivity contribution in [2.45, 2.75) is 38.6 Å². The van der Waals surface area contributed by atoms with Gasteiger partial charge >= 0.3 is 0 Å². The van der Waals surface area contributed by atoms with Crippen LogP contribution >= 0.6 is 12.4 Å². The van der Waals surface area contributed by atoms with Crippen LogP contribution in [0.2, 0.25) is 0 Å². The highest BCUT2D eigenvalue weighted by Crippen LogP contribution is 2.38. The fourth-order valence-electron chi connectivity index (χ4n) is 3.45. The van der Waals surface area contributed by atoms with Gasteiger partial charge in [-0.1, -0.05) is 5.21 Å². The van der Waals surface area contributed by atoms with Crippen molar-refractivity contribution in [3.8, 4) is 0 Å². The topological polar surface area (TPSA) is 63.1 Å². The zero-order valence-electron chi connectivity index (χ0n) is 12.3. The minimum absolute atomic E-state index is 0. The molecule has 0 aromatic carbocycles. The predicted molar refractivity (Wildman–Crippen MR) is 82.2 cm³/mol. The van der Waals surface area contributed by atoms with Gasteiger partial charge in [-0.15, -0.1) is 17.5 Å². The van der Waals surface area contributed by atoms with Crippen LogP contribution < -0.4 is 5.32 Å². The number of aromatic nitrogens is 3. The molecule has 2 aliphatic heterocycles. The van der Waals surface area contributed by atoms with E-state index in [4.69, 9.17) is 0 Å². The van der Waals surface area contributed by atoms with Gasteiger partial charge in [0.1, 0.15) is 0 Å². The summed E-state index contributed by atoms with van der Waals surface area (Å²) < 4.78 is 1.83. The van der Waals surface area contributed by atoms with Crippen LogP contribution in [0.1, 0.15) is 32.1 Å². The molecule has 0 bridgehead atoms. The quantitative estimate of drug-likeness (QED) is 0.903. The lowest BCUT2D eigenvalue weighted by Gasteiger charge is -2.45. The van der Waals surface area contributed by atoms with Gasteiger partial charge in [-0.25, -0.2) is 0 Å². The molecule has 2 saturated heterocycles. The van der Waals surface area contributed by atoms with E-state index >= 15 is 0 Å². The molecular formula is C14H24ClN5O. The third kappa shape index (κ3) is 3.95. The summed E-state index contributed by atoms with van der Waals surface area (Å²) in [5, 5.41) is 11.2. The largest absolute Gasteiger partial charge is 0.342 e. The second kappa shape index (κ2) is 7.22. The van der Waals surface area contributed by atoms with Crippen molar-refractivity contribution in [3.63, 3.8) is 0 Å². The Hall–Kier alpha value is -1.14. The van der Waals surface area contributed by atoms with E-state index in [2.05, 4.69) is 20.5 Å². The van der Waals surface area contributed by atoms with E-state index in [0.717, 1.165) is 52.0 Å². The molecule has 1 spiro atoms. The van der Waals surface area contributed by atoms with E-state index in [0.29, 0.717) is 11.3 Å². The number of carbonyl (C=O) groups is 1. The Bertz CT molecular complexity index is 444. The van der Waals surface area contributed by atoms with E-state index in [1.165, 1.54) is 12.8 Å². The number of likely N-dealkylation sites (tertiary alicyclic amines) is 1. The molecule has 1 aromatic rings. The first-order valence-corrected chi connectivity index (χ1v) is 7.60. The van der Waals surface area contributed by atoms with E-state index in [1.54, 1.807) is 6.20 Å². The van der Waals surface area contributed by atoms with Gasteiger partial charge in [0.2, 0.25) is 5.91 Å². The molecule has 118 valence electrons. The minimum atomic E-state index is 0. The van der Waals surface area contributed by atoms with Crippen molar-refractivity contribution < 1.29 is 4.79 Å². The first-order valence-electron chi connectivity index (χ1n) is 7.60. The van der Waals surface area contributed by atoms with E-state index in [9.17, 15) is 4.79 Å². The fourth-order valence-corrected chi connectivity index (χ4v) is 3.45. The highest BCUT2D eigenvalue weighted by Gasteiger charge is 2.39. The zero-order chi connectivity index (χ0) is 13.8. The number of nitrogens with one attached hydrogen (secondary N) is 1. The number of rotatable bonds is 4. The minimum Gasteiger partial charge on any atom is -0.342 e. The molecule has 0 radical (unpaired) electrons. The van der Waals surface area contributed by atoms with Crippen LogP contribution in [-0.2, 0) is 11.3 Å². The molecule has 1 amide bonds. The number of hydrogen-bond acceptors (Lipinski definition) is 4. The molecule has 7 heteroatoms. The second-order valence-electron chi connectivity index (χ2n) is 6.08. The summed E-state index contributed by atoms with van der Waals surface area (Å²) in [5.41, 5.74) is 0.381. The molecular weight excluding hydrogens is 290 g/mol. The number of nitrogens with zero attached hydrogens (tertiary/aromatic N) is 4. The third-order valence-corrected chi connectivity index (χ3v) is 4.70. The maximum atomic E-state index is 12.1. The van der Waals surface area contributed by atoms with E-state index < -0.39 is 0 Å². The van der Waals surface area contributed by atoms with Gasteiger partial charge in [0, 0.05) is 32.3 Å². The summed E-state index contributed by atoms with van der Waals surface area (Å²) in [6.07, 6.45) is 8.72. The Balaban J connectivity index is 0.00000161. The van der Waals surface area contributed by atoms with Crippen LogP contribution in [-0.4, -0.2) is 52.0 Å². The lowest BCUT2D eigenvalue weighted by molar-refractivity contribution is -0.138. The Labute approximate surface area is 131 Å². The normalized spacial score (nSPS) is 21.3. The molecule has 3 rings (SSSR count). The molecule has 0 saturated carbocycles. The van der Waals surface area contributed by atoms with Crippen LogP contribution in [0.3, 0.4) is 0 Å². The van der Waals surface area contributed by atoms with E-state index in [1.807, 2.05) is 10.9 Å². The average Bonchev–Trinajstić information content (AvgIpc) is 2.97. The average molecular weight is 314 g/mol. The van der Waals surface area contributed by atoms with Crippen molar-refractivity contribution >= 4 is 18.3 Å². The number of carbonyl (C=O) groups excluding carboxylic acids is 1. The first kappa shape index (κ1) is 16.2. The van der Waals surface area contributed by atoms with Crippen LogP contribution in [0.5, 0.6) is 0 Å². The summed E-state index contributed by atoms with van der Waals surface area (Å²) in [4.78, 5) is 14.2. The maximum absolute atomic E-state index is 12.1. The van der Waals surface area contributed by atoms with Crippen LogP contribution in [0.15, 0.2) is 12.4 Å². The maximum Gasteiger partial charge on any atom is 0.222 e. The van der Waals surface area contributed by atoms with Crippen molar-refractivity contribution in [2.75, 3.05) is 26.2 Å². The highest BCUT2D eigenvalue weighted by atomic mass is 35.5. The van der Waals surface area contributed by atoms with Crippen molar-refractivity contribution in [2.24, 2.45) is 5.41 Å². The Morgan fingerprint density at radius 3 is 2.76 bits per heavy atom. The molecule has 2 fully saturated rings. The van der Waals surface area contributed by atoms with Crippen LogP contribution in [0.25, 0.3) is 0 Å². The van der Waals surface area contributed by atoms with Crippen LogP contribution in [0, 0.1) is 5.41 Å². The summed E-state index contributed by atoms with van der Waals surface area (Å²) in [6, 6.07) is 0. The van der Waals surface area contributed by atoms with Gasteiger partial charge in [-0.05, 0) is 44.2 Å². The Morgan fingerprint density at radius 2 is 2.05 bits per heavy atom. The van der Waals surface area contributed by atoms with Crippen LogP contribution in [0.4, 0.5) is 0 Å². The number of hydrogen-bond donors (Lipinski definition) is 1. The number of halogens is 1. The van der Waals surface area contributed by atoms with Gasteiger partial charge in [0.15, 0.2) is 0 Å². The zero-order valence-corrected chi connectivity index (χ0v) is 13.1. The number of piperidine rings is 2. The van der Waals surface area contributed by atoms with Gasteiger partial charge in [-0.3, -0.25) is 9.48 Å². The van der Waals surface area contributed by atoms with Crippen molar-refractivity contribution in [3.05, 3.63) is 12.4 Å². The number of amides is 1. The SMILES string of the molecule is Cl.O=C1CCC2(CCNCC2)CN1CCCn1ccnn1. The first-order chi connectivity index (χ1) is 9.77. The predicted octanol–water partition coefficient (Wildman–Crippen LogP) is 1.08. The highest BCUT2D eigenvalue weighted by molar-refractivity contribution is 5.85. The summed E-state index contributed by atoms with van der Waals surface area (Å²) in [7, 11) is 0. The van der Waals surface area contributed by atoms with Gasteiger partial charge in [0.05, 0.1) is 6.20 Å². The molecule has 21 heavy (non-hydrogen) atoms. The van der Waals surface area contributed by atoms with Crippen molar-refractivity contribution in [1.29, 1.82) is 0 Å². The Kier molecular flexibility index (Phi) is 5.58. The van der Waals surface area contributed by atoms with Crippen molar-refractivity contribution in [1.82, 2.24) is 25.2 Å². The summed E-state index contributed by atoms with van der Waals surface area (Å²) in [6.45, 7) is 4.82.